The molecule has 0 saturated carbocycles. The van der Waals surface area contributed by atoms with Gasteiger partial charge in [0, 0.05) is 25.0 Å². The summed E-state index contributed by atoms with van der Waals surface area (Å²) in [4.78, 5) is 26.8. The molecule has 1 aliphatic carbocycles. The van der Waals surface area contributed by atoms with E-state index in [1.807, 2.05) is 66.2 Å². The third-order valence-electron chi connectivity index (χ3n) is 5.69. The minimum Gasteiger partial charge on any atom is -0.481 e. The van der Waals surface area contributed by atoms with Gasteiger partial charge in [0.05, 0.1) is 11.8 Å². The first-order valence-electron chi connectivity index (χ1n) is 9.02. The summed E-state index contributed by atoms with van der Waals surface area (Å²) in [6, 6.07) is 17.8. The van der Waals surface area contributed by atoms with Crippen molar-refractivity contribution in [3.8, 4) is 0 Å². The van der Waals surface area contributed by atoms with Gasteiger partial charge in [-0.2, -0.15) is 0 Å². The number of benzene rings is 2. The number of hydrogen-bond donors (Lipinski definition) is 1. The van der Waals surface area contributed by atoms with Crippen molar-refractivity contribution in [1.82, 2.24) is 4.57 Å². The van der Waals surface area contributed by atoms with Gasteiger partial charge in [-0.3, -0.25) is 9.59 Å². The van der Waals surface area contributed by atoms with E-state index in [-0.39, 0.29) is 12.3 Å². The van der Waals surface area contributed by atoms with Crippen LogP contribution in [0.3, 0.4) is 0 Å². The van der Waals surface area contributed by atoms with Crippen LogP contribution in [-0.2, 0) is 29.5 Å². The number of carboxylic acid groups (broad SMARTS) is 1. The first kappa shape index (κ1) is 17.3. The number of aliphatic carboxylic acids is 1. The van der Waals surface area contributed by atoms with Crippen molar-refractivity contribution in [1.29, 1.82) is 0 Å². The number of carboxylic acids is 1. The van der Waals surface area contributed by atoms with Crippen molar-refractivity contribution in [3.63, 3.8) is 0 Å². The lowest BCUT2D eigenvalue weighted by Crippen LogP contribution is -2.45. The Morgan fingerprint density at radius 1 is 1.07 bits per heavy atom. The predicted octanol–water partition coefficient (Wildman–Crippen LogP) is 3.40. The summed E-state index contributed by atoms with van der Waals surface area (Å²) in [6.07, 6.45) is 0.750. The molecule has 1 heterocycles. The average molecular weight is 362 g/mol. The van der Waals surface area contributed by atoms with E-state index in [4.69, 9.17) is 0 Å². The second kappa shape index (κ2) is 6.27. The van der Waals surface area contributed by atoms with Crippen LogP contribution in [0.5, 0.6) is 0 Å². The maximum Gasteiger partial charge on any atom is 0.304 e. The Morgan fingerprint density at radius 2 is 1.67 bits per heavy atom. The molecular formula is C22H22N2O3. The van der Waals surface area contributed by atoms with Crippen molar-refractivity contribution in [2.24, 2.45) is 12.5 Å². The molecule has 3 aromatic rings. The number of nitrogens with zero attached hydrogens (tertiary/aromatic N) is 2. The lowest BCUT2D eigenvalue weighted by molar-refractivity contribution is -0.144. The largest absolute Gasteiger partial charge is 0.481 e. The van der Waals surface area contributed by atoms with Crippen molar-refractivity contribution >= 4 is 28.6 Å². The SMILES string of the molecule is CN(C(=O)C1(CC(=O)O)Cc2ccccc2C1)c1cc2ccccc2n1C. The quantitative estimate of drug-likeness (QED) is 0.774. The van der Waals surface area contributed by atoms with Gasteiger partial charge < -0.3 is 14.6 Å². The van der Waals surface area contributed by atoms with Gasteiger partial charge in [0.25, 0.3) is 0 Å². The molecule has 1 N–H and O–H groups in total. The van der Waals surface area contributed by atoms with Crippen LogP contribution in [0.1, 0.15) is 17.5 Å². The number of aryl methyl sites for hydroxylation is 1. The van der Waals surface area contributed by atoms with Gasteiger partial charge in [0.1, 0.15) is 5.82 Å². The molecule has 0 radical (unpaired) electrons. The van der Waals surface area contributed by atoms with Crippen LogP contribution in [0.2, 0.25) is 0 Å². The van der Waals surface area contributed by atoms with Gasteiger partial charge >= 0.3 is 5.97 Å². The Labute approximate surface area is 157 Å². The third kappa shape index (κ3) is 2.79. The summed E-state index contributed by atoms with van der Waals surface area (Å²) in [5.74, 6) is -0.324. The summed E-state index contributed by atoms with van der Waals surface area (Å²) in [7, 11) is 3.66. The van der Waals surface area contributed by atoms with Crippen molar-refractivity contribution in [2.45, 2.75) is 19.3 Å². The number of aromatic nitrogens is 1. The molecule has 4 rings (SSSR count). The lowest BCUT2D eigenvalue weighted by atomic mass is 9.80. The van der Waals surface area contributed by atoms with Crippen LogP contribution in [-0.4, -0.2) is 28.6 Å². The van der Waals surface area contributed by atoms with Crippen LogP contribution >= 0.6 is 0 Å². The Kier molecular flexibility index (Phi) is 4.02. The third-order valence-corrected chi connectivity index (χ3v) is 5.69. The number of carbonyl (C=O) groups excluding carboxylic acids is 1. The minimum atomic E-state index is -0.944. The summed E-state index contributed by atoms with van der Waals surface area (Å²) < 4.78 is 1.98. The number of amides is 1. The van der Waals surface area contributed by atoms with E-state index in [9.17, 15) is 14.7 Å². The molecular weight excluding hydrogens is 340 g/mol. The highest BCUT2D eigenvalue weighted by molar-refractivity contribution is 6.01. The molecule has 0 fully saturated rings. The highest BCUT2D eigenvalue weighted by Gasteiger charge is 2.47. The van der Waals surface area contributed by atoms with E-state index in [2.05, 4.69) is 0 Å². The predicted molar refractivity (Wildman–Crippen MR) is 105 cm³/mol. The van der Waals surface area contributed by atoms with Gasteiger partial charge in [-0.1, -0.05) is 42.5 Å². The lowest BCUT2D eigenvalue weighted by Gasteiger charge is -2.31. The molecule has 5 heteroatoms. The zero-order chi connectivity index (χ0) is 19.2. The molecule has 0 atom stereocenters. The number of hydrogen-bond acceptors (Lipinski definition) is 2. The maximum atomic E-state index is 13.6. The van der Waals surface area contributed by atoms with Crippen molar-refractivity contribution in [3.05, 3.63) is 65.7 Å². The molecule has 0 aliphatic heterocycles. The van der Waals surface area contributed by atoms with Crippen molar-refractivity contribution in [2.75, 3.05) is 11.9 Å². The molecule has 0 spiro atoms. The van der Waals surface area contributed by atoms with Gasteiger partial charge in [-0.15, -0.1) is 0 Å². The fourth-order valence-electron chi connectivity index (χ4n) is 4.39. The number of rotatable bonds is 4. The summed E-state index contributed by atoms with van der Waals surface area (Å²) in [5, 5.41) is 10.6. The fraction of sp³-hybridized carbons (Fsp3) is 0.273. The highest BCUT2D eigenvalue weighted by Crippen LogP contribution is 2.42. The molecule has 1 aliphatic rings. The molecule has 2 aromatic carbocycles. The molecule has 1 amide bonds. The molecule has 138 valence electrons. The Balaban J connectivity index is 1.73. The topological polar surface area (TPSA) is 62.5 Å². The zero-order valence-electron chi connectivity index (χ0n) is 15.5. The van der Waals surface area contributed by atoms with Gasteiger partial charge in [0.2, 0.25) is 5.91 Å². The van der Waals surface area contributed by atoms with Gasteiger partial charge in [-0.25, -0.2) is 0 Å². The molecule has 0 saturated heterocycles. The van der Waals surface area contributed by atoms with E-state index < -0.39 is 11.4 Å². The standard InChI is InChI=1S/C22H22N2O3/c1-23-18-10-6-5-7-15(18)11-19(23)24(2)21(27)22(14-20(25)26)12-16-8-3-4-9-17(16)13-22/h3-11H,12-14H2,1-2H3,(H,25,26). The molecule has 0 bridgehead atoms. The zero-order valence-corrected chi connectivity index (χ0v) is 15.5. The first-order valence-corrected chi connectivity index (χ1v) is 9.02. The maximum absolute atomic E-state index is 13.6. The number of fused-ring (bicyclic) bond motifs is 2. The number of anilines is 1. The van der Waals surface area contributed by atoms with E-state index in [1.54, 1.807) is 11.9 Å². The highest BCUT2D eigenvalue weighted by atomic mass is 16.4. The number of carbonyl (C=O) groups is 2. The normalized spacial score (nSPS) is 14.9. The summed E-state index contributed by atoms with van der Waals surface area (Å²) in [6.45, 7) is 0. The van der Waals surface area contributed by atoms with Gasteiger partial charge in [-0.05, 0) is 36.1 Å². The Hall–Kier alpha value is -3.08. The van der Waals surface area contributed by atoms with E-state index in [1.165, 1.54) is 0 Å². The van der Waals surface area contributed by atoms with Crippen LogP contribution in [0.4, 0.5) is 5.82 Å². The van der Waals surface area contributed by atoms with Crippen LogP contribution in [0, 0.1) is 5.41 Å². The monoisotopic (exact) mass is 362 g/mol. The molecule has 27 heavy (non-hydrogen) atoms. The van der Waals surface area contributed by atoms with E-state index in [0.29, 0.717) is 12.8 Å². The van der Waals surface area contributed by atoms with E-state index in [0.717, 1.165) is 27.8 Å². The average Bonchev–Trinajstić information content (AvgIpc) is 3.18. The minimum absolute atomic E-state index is 0.146. The Morgan fingerprint density at radius 3 is 2.26 bits per heavy atom. The second-order valence-electron chi connectivity index (χ2n) is 7.46. The van der Waals surface area contributed by atoms with Gasteiger partial charge in [0.15, 0.2) is 0 Å². The first-order chi connectivity index (χ1) is 12.9. The molecule has 1 aromatic heterocycles. The molecule has 0 unspecified atom stereocenters. The Bertz CT molecular complexity index is 1030. The number of para-hydroxylation sites is 1. The summed E-state index contributed by atoms with van der Waals surface area (Å²) >= 11 is 0. The summed E-state index contributed by atoms with van der Waals surface area (Å²) in [5.41, 5.74) is 2.23. The second-order valence-corrected chi connectivity index (χ2v) is 7.46. The van der Waals surface area contributed by atoms with Crippen LogP contribution in [0.15, 0.2) is 54.6 Å². The fourth-order valence-corrected chi connectivity index (χ4v) is 4.39. The van der Waals surface area contributed by atoms with Crippen LogP contribution in [0.25, 0.3) is 10.9 Å². The van der Waals surface area contributed by atoms with Crippen molar-refractivity contribution < 1.29 is 14.7 Å². The van der Waals surface area contributed by atoms with E-state index >= 15 is 0 Å². The van der Waals surface area contributed by atoms with Crippen LogP contribution < -0.4 is 4.90 Å². The smallest absolute Gasteiger partial charge is 0.304 e. The molecule has 5 nitrogen and oxygen atoms in total.